The summed E-state index contributed by atoms with van der Waals surface area (Å²) < 4.78 is 0. The van der Waals surface area contributed by atoms with Crippen molar-refractivity contribution in [1.82, 2.24) is 4.98 Å². The van der Waals surface area contributed by atoms with E-state index in [1.807, 2.05) is 19.9 Å². The molecule has 3 N–H and O–H groups in total. The van der Waals surface area contributed by atoms with Crippen molar-refractivity contribution in [3.63, 3.8) is 0 Å². The van der Waals surface area contributed by atoms with E-state index in [-0.39, 0.29) is 11.0 Å². The molecule has 1 aromatic heterocycles. The second-order valence-corrected chi connectivity index (χ2v) is 7.19. The van der Waals surface area contributed by atoms with Gasteiger partial charge in [-0.3, -0.25) is 0 Å². The molecular weight excluding hydrogens is 284 g/mol. The van der Waals surface area contributed by atoms with E-state index in [0.717, 1.165) is 36.5 Å². The number of anilines is 1. The van der Waals surface area contributed by atoms with Gasteiger partial charge in [0.05, 0.1) is 11.3 Å². The predicted octanol–water partition coefficient (Wildman–Crippen LogP) is 4.16. The molecule has 4 nitrogen and oxygen atoms in total. The molecule has 128 valence electrons. The van der Waals surface area contributed by atoms with E-state index in [4.69, 9.17) is 11.0 Å². The third-order valence-electron chi connectivity index (χ3n) is 5.82. The van der Waals surface area contributed by atoms with Crippen LogP contribution in [0.25, 0.3) is 0 Å². The van der Waals surface area contributed by atoms with Crippen LogP contribution in [0.3, 0.4) is 0 Å². The first kappa shape index (κ1) is 19.4. The molecule has 0 amide bonds. The van der Waals surface area contributed by atoms with Crippen LogP contribution in [0.1, 0.15) is 64.3 Å². The van der Waals surface area contributed by atoms with Gasteiger partial charge < -0.3 is 11.1 Å². The zero-order valence-corrected chi connectivity index (χ0v) is 15.7. The molecule has 1 rings (SSSR count). The van der Waals surface area contributed by atoms with E-state index in [2.05, 4.69) is 51.0 Å². The Hall–Kier alpha value is -1.60. The first-order chi connectivity index (χ1) is 10.6. The van der Waals surface area contributed by atoms with Gasteiger partial charge in [-0.25, -0.2) is 4.98 Å². The van der Waals surface area contributed by atoms with Gasteiger partial charge in [0, 0.05) is 17.5 Å². The number of pyridine rings is 1. The Kier molecular flexibility index (Phi) is 6.18. The van der Waals surface area contributed by atoms with E-state index < -0.39 is 0 Å². The van der Waals surface area contributed by atoms with Crippen LogP contribution in [0.2, 0.25) is 0 Å². The normalized spacial score (nSPS) is 14.4. The van der Waals surface area contributed by atoms with Crippen LogP contribution < -0.4 is 11.1 Å². The van der Waals surface area contributed by atoms with Gasteiger partial charge >= 0.3 is 0 Å². The van der Waals surface area contributed by atoms with E-state index >= 15 is 0 Å². The molecule has 1 heterocycles. The molecule has 0 spiro atoms. The third-order valence-corrected chi connectivity index (χ3v) is 5.82. The Morgan fingerprint density at radius 2 is 1.87 bits per heavy atom. The summed E-state index contributed by atoms with van der Waals surface area (Å²) in [6, 6.07) is 4.16. The number of nitrogens with one attached hydrogen (secondary N) is 1. The Morgan fingerprint density at radius 1 is 1.30 bits per heavy atom. The van der Waals surface area contributed by atoms with Crippen LogP contribution in [0.5, 0.6) is 0 Å². The minimum Gasteiger partial charge on any atom is -0.369 e. The highest BCUT2D eigenvalue weighted by atomic mass is 15.0. The summed E-state index contributed by atoms with van der Waals surface area (Å²) in [5.74, 6) is 1.26. The molecule has 0 radical (unpaired) electrons. The molecule has 4 heteroatoms. The van der Waals surface area contributed by atoms with Crippen LogP contribution in [-0.2, 0) is 0 Å². The van der Waals surface area contributed by atoms with E-state index in [9.17, 15) is 0 Å². The lowest BCUT2D eigenvalue weighted by atomic mass is 9.62. The fourth-order valence-corrected chi connectivity index (χ4v) is 3.38. The number of aromatic nitrogens is 1. The molecule has 0 fully saturated rings. The number of nitriles is 1. The molecule has 0 aliphatic rings. The fourth-order valence-electron chi connectivity index (χ4n) is 3.38. The first-order valence-corrected chi connectivity index (χ1v) is 8.56. The summed E-state index contributed by atoms with van der Waals surface area (Å²) in [5.41, 5.74) is 8.87. The number of nitrogens with zero attached hydrogens (tertiary/aromatic N) is 2. The number of aryl methyl sites for hydroxylation is 2. The molecule has 1 aromatic rings. The quantitative estimate of drug-likeness (QED) is 0.792. The first-order valence-electron chi connectivity index (χ1n) is 8.56. The van der Waals surface area contributed by atoms with Crippen molar-refractivity contribution in [3.8, 4) is 6.07 Å². The van der Waals surface area contributed by atoms with E-state index in [1.165, 1.54) is 0 Å². The van der Waals surface area contributed by atoms with Gasteiger partial charge in [0.15, 0.2) is 0 Å². The lowest BCUT2D eigenvalue weighted by Crippen LogP contribution is -2.58. The second-order valence-electron chi connectivity index (χ2n) is 7.19. The third kappa shape index (κ3) is 3.67. The minimum absolute atomic E-state index is 0.0477. The largest absolute Gasteiger partial charge is 0.369 e. The Morgan fingerprint density at radius 3 is 2.26 bits per heavy atom. The fraction of sp³-hybridized carbons (Fsp3) is 0.684. The number of hydrogen-bond donors (Lipinski definition) is 2. The van der Waals surface area contributed by atoms with Crippen molar-refractivity contribution >= 4 is 5.82 Å². The zero-order valence-electron chi connectivity index (χ0n) is 15.7. The SMILES string of the molecule is CCC(N)(CC)C(C)(CNc1cc(C)c(C#N)c(C)n1)C(C)C. The smallest absolute Gasteiger partial charge is 0.126 e. The standard InChI is InChI=1S/C19H32N4/c1-8-19(21,9-2)18(7,13(3)4)12-22-17-10-14(5)16(11-20)15(6)23-17/h10,13H,8-9,12,21H2,1-7H3,(H,22,23). The summed E-state index contributed by atoms with van der Waals surface area (Å²) in [5, 5.41) is 12.6. The molecule has 0 bridgehead atoms. The van der Waals surface area contributed by atoms with Crippen molar-refractivity contribution in [2.24, 2.45) is 17.1 Å². The lowest BCUT2D eigenvalue weighted by Gasteiger charge is -2.49. The summed E-state index contributed by atoms with van der Waals surface area (Å²) >= 11 is 0. The van der Waals surface area contributed by atoms with Crippen LogP contribution in [0, 0.1) is 36.5 Å². The second kappa shape index (κ2) is 7.31. The molecule has 0 saturated heterocycles. The van der Waals surface area contributed by atoms with Gasteiger partial charge in [-0.05, 0) is 44.2 Å². The highest BCUT2D eigenvalue weighted by Gasteiger charge is 2.44. The molecule has 0 aliphatic heterocycles. The van der Waals surface area contributed by atoms with Gasteiger partial charge in [0.2, 0.25) is 0 Å². The maximum absolute atomic E-state index is 9.17. The Labute approximate surface area is 141 Å². The number of rotatable bonds is 7. The molecule has 23 heavy (non-hydrogen) atoms. The lowest BCUT2D eigenvalue weighted by molar-refractivity contribution is 0.0860. The number of nitrogens with two attached hydrogens (primary N) is 1. The van der Waals surface area contributed by atoms with Crippen LogP contribution in [0.4, 0.5) is 5.82 Å². The summed E-state index contributed by atoms with van der Waals surface area (Å²) in [6.45, 7) is 15.7. The molecule has 0 aromatic carbocycles. The summed E-state index contributed by atoms with van der Waals surface area (Å²) in [6.07, 6.45) is 1.89. The zero-order chi connectivity index (χ0) is 17.8. The Bertz CT molecular complexity index is 559. The van der Waals surface area contributed by atoms with Crippen molar-refractivity contribution in [2.75, 3.05) is 11.9 Å². The average molecular weight is 316 g/mol. The van der Waals surface area contributed by atoms with Crippen molar-refractivity contribution in [2.45, 2.75) is 66.8 Å². The molecular formula is C19H32N4. The summed E-state index contributed by atoms with van der Waals surface area (Å²) in [4.78, 5) is 4.53. The summed E-state index contributed by atoms with van der Waals surface area (Å²) in [7, 11) is 0. The number of hydrogen-bond acceptors (Lipinski definition) is 4. The van der Waals surface area contributed by atoms with Crippen LogP contribution in [0.15, 0.2) is 6.07 Å². The topological polar surface area (TPSA) is 74.7 Å². The van der Waals surface area contributed by atoms with Crippen LogP contribution in [-0.4, -0.2) is 17.1 Å². The molecule has 0 saturated carbocycles. The minimum atomic E-state index is -0.217. The van der Waals surface area contributed by atoms with Crippen molar-refractivity contribution in [1.29, 1.82) is 5.26 Å². The van der Waals surface area contributed by atoms with E-state index in [1.54, 1.807) is 0 Å². The maximum atomic E-state index is 9.17. The van der Waals surface area contributed by atoms with Crippen LogP contribution >= 0.6 is 0 Å². The maximum Gasteiger partial charge on any atom is 0.126 e. The van der Waals surface area contributed by atoms with Gasteiger partial charge in [-0.15, -0.1) is 0 Å². The van der Waals surface area contributed by atoms with Gasteiger partial charge in [-0.1, -0.05) is 34.6 Å². The highest BCUT2D eigenvalue weighted by Crippen LogP contribution is 2.41. The Balaban J connectivity index is 3.08. The molecule has 1 atom stereocenters. The van der Waals surface area contributed by atoms with Gasteiger partial charge in [0.25, 0.3) is 0 Å². The monoisotopic (exact) mass is 316 g/mol. The average Bonchev–Trinajstić information content (AvgIpc) is 2.51. The van der Waals surface area contributed by atoms with Gasteiger partial charge in [0.1, 0.15) is 11.9 Å². The highest BCUT2D eigenvalue weighted by molar-refractivity contribution is 5.48. The van der Waals surface area contributed by atoms with Gasteiger partial charge in [-0.2, -0.15) is 5.26 Å². The predicted molar refractivity (Wildman–Crippen MR) is 97.4 cm³/mol. The molecule has 0 aliphatic carbocycles. The van der Waals surface area contributed by atoms with E-state index in [0.29, 0.717) is 11.5 Å². The van der Waals surface area contributed by atoms with Crippen molar-refractivity contribution in [3.05, 3.63) is 22.9 Å². The molecule has 1 unspecified atom stereocenters. The van der Waals surface area contributed by atoms with Crippen molar-refractivity contribution < 1.29 is 0 Å².